The summed E-state index contributed by atoms with van der Waals surface area (Å²) in [6, 6.07) is -0.441. The Morgan fingerprint density at radius 3 is 2.88 bits per heavy atom. The first-order valence-electron chi connectivity index (χ1n) is 7.74. The van der Waals surface area contributed by atoms with Crippen molar-refractivity contribution in [3.8, 4) is 0 Å². The third-order valence-electron chi connectivity index (χ3n) is 4.21. The zero-order chi connectivity index (χ0) is 18.2. The number of hydrogen-bond donors (Lipinski definition) is 1. The Morgan fingerprint density at radius 2 is 2.24 bits per heavy atom. The number of aromatic nitrogens is 2. The molecule has 1 aliphatic heterocycles. The number of ether oxygens (including phenoxy) is 1. The van der Waals surface area contributed by atoms with Crippen molar-refractivity contribution in [3.63, 3.8) is 0 Å². The summed E-state index contributed by atoms with van der Waals surface area (Å²) in [5.41, 5.74) is 0.544. The molecule has 0 saturated carbocycles. The Bertz CT molecular complexity index is 887. The van der Waals surface area contributed by atoms with Crippen LogP contribution in [0.4, 0.5) is 0 Å². The number of esters is 1. The molecule has 2 aromatic rings. The minimum Gasteiger partial charge on any atom is -0.465 e. The van der Waals surface area contributed by atoms with Crippen LogP contribution in [0.25, 0.3) is 0 Å². The number of sulfonamides is 1. The topological polar surface area (TPSA) is 93.5 Å². The van der Waals surface area contributed by atoms with Gasteiger partial charge in [0.05, 0.1) is 13.2 Å². The fourth-order valence-corrected chi connectivity index (χ4v) is 6.24. The predicted octanol–water partition coefficient (Wildman–Crippen LogP) is 0.912. The molecule has 2 aromatic heterocycles. The molecular weight excluding hydrogens is 364 g/mol. The molecule has 0 aliphatic carbocycles. The maximum atomic E-state index is 13.4. The maximum Gasteiger partial charge on any atom is 0.349 e. The van der Waals surface area contributed by atoms with Gasteiger partial charge in [0.15, 0.2) is 0 Å². The number of imidazole rings is 1. The maximum absolute atomic E-state index is 13.4. The first kappa shape index (κ1) is 18.1. The number of aryl methyl sites for hydroxylation is 2. The molecule has 0 radical (unpaired) electrons. The third-order valence-corrected chi connectivity index (χ3v) is 7.51. The molecule has 0 aromatic carbocycles. The third kappa shape index (κ3) is 3.10. The number of piperazine rings is 1. The van der Waals surface area contributed by atoms with E-state index in [2.05, 4.69) is 10.3 Å². The van der Waals surface area contributed by atoms with Crippen LogP contribution in [0.3, 0.4) is 0 Å². The van der Waals surface area contributed by atoms with E-state index in [1.807, 2.05) is 11.6 Å². The van der Waals surface area contributed by atoms with Gasteiger partial charge in [-0.2, -0.15) is 4.31 Å². The molecule has 0 spiro atoms. The van der Waals surface area contributed by atoms with E-state index in [9.17, 15) is 13.2 Å². The van der Waals surface area contributed by atoms with Crippen molar-refractivity contribution in [2.75, 3.05) is 26.7 Å². The van der Waals surface area contributed by atoms with E-state index in [4.69, 9.17) is 4.74 Å². The molecule has 0 amide bonds. The summed E-state index contributed by atoms with van der Waals surface area (Å²) in [5, 5.41) is 4.88. The zero-order valence-corrected chi connectivity index (χ0v) is 15.9. The van der Waals surface area contributed by atoms with Gasteiger partial charge in [-0.1, -0.05) is 0 Å². The van der Waals surface area contributed by atoms with Crippen LogP contribution in [-0.4, -0.2) is 55.0 Å². The van der Waals surface area contributed by atoms with Crippen molar-refractivity contribution in [1.82, 2.24) is 19.2 Å². The molecule has 1 unspecified atom stereocenters. The molecule has 10 heteroatoms. The Balaban J connectivity index is 2.08. The van der Waals surface area contributed by atoms with E-state index < -0.39 is 22.0 Å². The highest BCUT2D eigenvalue weighted by Gasteiger charge is 2.39. The molecule has 3 rings (SSSR count). The van der Waals surface area contributed by atoms with Gasteiger partial charge in [0, 0.05) is 39.1 Å². The quantitative estimate of drug-likeness (QED) is 0.788. The summed E-state index contributed by atoms with van der Waals surface area (Å²) in [4.78, 5) is 16.5. The van der Waals surface area contributed by atoms with Crippen molar-refractivity contribution in [3.05, 3.63) is 34.0 Å². The zero-order valence-electron chi connectivity index (χ0n) is 14.2. The lowest BCUT2D eigenvalue weighted by atomic mass is 10.2. The SMILES string of the molecule is COC(=O)c1scc(C)c1S(=O)(=O)N1CCNCC1c1nccn1C. The summed E-state index contributed by atoms with van der Waals surface area (Å²) in [6.45, 7) is 2.99. The number of hydrogen-bond acceptors (Lipinski definition) is 7. The summed E-state index contributed by atoms with van der Waals surface area (Å²) in [7, 11) is -0.801. The molecule has 8 nitrogen and oxygen atoms in total. The first-order valence-corrected chi connectivity index (χ1v) is 10.1. The Hall–Kier alpha value is -1.75. The van der Waals surface area contributed by atoms with E-state index in [1.165, 1.54) is 11.4 Å². The molecule has 1 atom stereocenters. The number of nitrogens with one attached hydrogen (secondary N) is 1. The fourth-order valence-electron chi connectivity index (χ4n) is 3.00. The highest BCUT2D eigenvalue weighted by molar-refractivity contribution is 7.89. The van der Waals surface area contributed by atoms with Gasteiger partial charge < -0.3 is 14.6 Å². The molecule has 25 heavy (non-hydrogen) atoms. The van der Waals surface area contributed by atoms with Gasteiger partial charge in [0.25, 0.3) is 0 Å². The number of carbonyl (C=O) groups excluding carboxylic acids is 1. The largest absolute Gasteiger partial charge is 0.465 e. The van der Waals surface area contributed by atoms with Crippen molar-refractivity contribution in [2.24, 2.45) is 7.05 Å². The molecule has 1 N–H and O–H groups in total. The summed E-state index contributed by atoms with van der Waals surface area (Å²) in [5.74, 6) is 0.0172. The van der Waals surface area contributed by atoms with E-state index in [0.717, 1.165) is 11.3 Å². The van der Waals surface area contributed by atoms with Crippen molar-refractivity contribution in [2.45, 2.75) is 17.9 Å². The van der Waals surface area contributed by atoms with E-state index >= 15 is 0 Å². The molecule has 0 bridgehead atoms. The second-order valence-corrected chi connectivity index (χ2v) is 8.51. The van der Waals surface area contributed by atoms with Gasteiger partial charge in [0.2, 0.25) is 10.0 Å². The lowest BCUT2D eigenvalue weighted by molar-refractivity contribution is 0.0602. The van der Waals surface area contributed by atoms with Crippen molar-refractivity contribution in [1.29, 1.82) is 0 Å². The average Bonchev–Trinajstić information content (AvgIpc) is 3.20. The van der Waals surface area contributed by atoms with Crippen LogP contribution in [-0.2, 0) is 21.8 Å². The Labute approximate surface area is 150 Å². The van der Waals surface area contributed by atoms with E-state index in [0.29, 0.717) is 31.0 Å². The smallest absolute Gasteiger partial charge is 0.349 e. The number of carbonyl (C=O) groups is 1. The lowest BCUT2D eigenvalue weighted by Crippen LogP contribution is -2.49. The second-order valence-electron chi connectivity index (χ2n) is 5.80. The second kappa shape index (κ2) is 6.87. The first-order chi connectivity index (χ1) is 11.9. The minimum absolute atomic E-state index is 0.0328. The van der Waals surface area contributed by atoms with Gasteiger partial charge in [0.1, 0.15) is 15.6 Å². The summed E-state index contributed by atoms with van der Waals surface area (Å²) in [6.07, 6.45) is 3.43. The lowest BCUT2D eigenvalue weighted by Gasteiger charge is -2.34. The van der Waals surface area contributed by atoms with Crippen LogP contribution < -0.4 is 5.32 Å². The van der Waals surface area contributed by atoms with Gasteiger partial charge in [-0.05, 0) is 17.9 Å². The highest BCUT2D eigenvalue weighted by atomic mass is 32.2. The van der Waals surface area contributed by atoms with Gasteiger partial charge in [-0.3, -0.25) is 0 Å². The number of thiophene rings is 1. The van der Waals surface area contributed by atoms with Crippen molar-refractivity contribution < 1.29 is 17.9 Å². The number of nitrogens with zero attached hydrogens (tertiary/aromatic N) is 3. The average molecular weight is 384 g/mol. The Kier molecular flexibility index (Phi) is 4.96. The summed E-state index contributed by atoms with van der Waals surface area (Å²) >= 11 is 1.08. The Morgan fingerprint density at radius 1 is 1.48 bits per heavy atom. The monoisotopic (exact) mass is 384 g/mol. The molecule has 3 heterocycles. The normalized spacial score (nSPS) is 19.1. The van der Waals surface area contributed by atoms with Gasteiger partial charge in [-0.25, -0.2) is 18.2 Å². The minimum atomic E-state index is -3.88. The number of methoxy groups -OCH3 is 1. The van der Waals surface area contributed by atoms with Crippen LogP contribution in [0, 0.1) is 6.92 Å². The van der Waals surface area contributed by atoms with Crippen LogP contribution in [0.2, 0.25) is 0 Å². The highest BCUT2D eigenvalue weighted by Crippen LogP contribution is 2.34. The number of rotatable bonds is 4. The molecule has 1 aliphatic rings. The van der Waals surface area contributed by atoms with E-state index in [-0.39, 0.29) is 9.77 Å². The van der Waals surface area contributed by atoms with E-state index in [1.54, 1.807) is 24.7 Å². The van der Waals surface area contributed by atoms with Gasteiger partial charge in [-0.15, -0.1) is 11.3 Å². The van der Waals surface area contributed by atoms with Crippen LogP contribution >= 0.6 is 11.3 Å². The van der Waals surface area contributed by atoms with Crippen LogP contribution in [0.5, 0.6) is 0 Å². The van der Waals surface area contributed by atoms with Crippen molar-refractivity contribution >= 4 is 27.3 Å². The molecular formula is C15H20N4O4S2. The molecule has 1 saturated heterocycles. The summed E-state index contributed by atoms with van der Waals surface area (Å²) < 4.78 is 34.8. The van der Waals surface area contributed by atoms with Crippen LogP contribution in [0.15, 0.2) is 22.7 Å². The van der Waals surface area contributed by atoms with Gasteiger partial charge >= 0.3 is 5.97 Å². The molecule has 1 fully saturated rings. The molecule has 136 valence electrons. The predicted molar refractivity (Wildman–Crippen MR) is 93.1 cm³/mol. The fraction of sp³-hybridized carbons (Fsp3) is 0.467. The van der Waals surface area contributed by atoms with Crippen LogP contribution in [0.1, 0.15) is 27.1 Å². The standard InChI is InChI=1S/C15H20N4O4S2/c1-10-9-24-12(15(20)23-3)13(10)25(21,22)19-7-4-16-8-11(19)14-17-5-6-18(14)2/h5-6,9,11,16H,4,7-8H2,1-3H3.